The maximum absolute atomic E-state index is 12.4. The Balaban J connectivity index is 1.56. The number of benzene rings is 1. The van der Waals surface area contributed by atoms with Gasteiger partial charge in [-0.2, -0.15) is 5.10 Å². The van der Waals surface area contributed by atoms with Crippen molar-refractivity contribution in [3.05, 3.63) is 47.7 Å². The van der Waals surface area contributed by atoms with Crippen molar-refractivity contribution in [2.24, 2.45) is 7.05 Å². The second kappa shape index (κ2) is 7.00. The molecule has 2 aromatic rings. The van der Waals surface area contributed by atoms with Crippen molar-refractivity contribution >= 4 is 11.7 Å². The fraction of sp³-hybridized carbons (Fsp3) is 0.500. The Labute approximate surface area is 150 Å². The van der Waals surface area contributed by atoms with E-state index in [9.17, 15) is 4.79 Å². The number of nitrogens with zero attached hydrogens (tertiary/aromatic N) is 3. The molecule has 1 N–H and O–H groups in total. The Kier molecular flexibility index (Phi) is 4.95. The van der Waals surface area contributed by atoms with Crippen molar-refractivity contribution in [1.82, 2.24) is 14.7 Å². The summed E-state index contributed by atoms with van der Waals surface area (Å²) in [6, 6.07) is 12.5. The molecule has 1 aliphatic heterocycles. The van der Waals surface area contributed by atoms with Crippen LogP contribution in [0.15, 0.2) is 36.4 Å². The average Bonchev–Trinajstić information content (AvgIpc) is 3.15. The third-order valence-electron chi connectivity index (χ3n) is 4.83. The van der Waals surface area contributed by atoms with Gasteiger partial charge in [-0.15, -0.1) is 0 Å². The maximum atomic E-state index is 12.4. The van der Waals surface area contributed by atoms with Crippen molar-refractivity contribution in [3.8, 4) is 0 Å². The molecular weight excluding hydrogens is 312 g/mol. The lowest BCUT2D eigenvalue weighted by Crippen LogP contribution is -2.31. The van der Waals surface area contributed by atoms with E-state index < -0.39 is 0 Å². The van der Waals surface area contributed by atoms with Crippen LogP contribution in [0.2, 0.25) is 0 Å². The minimum absolute atomic E-state index is 0.0252. The summed E-state index contributed by atoms with van der Waals surface area (Å²) < 4.78 is 1.75. The van der Waals surface area contributed by atoms with Gasteiger partial charge in [-0.05, 0) is 24.4 Å². The summed E-state index contributed by atoms with van der Waals surface area (Å²) in [6.07, 6.45) is 1.11. The number of carbonyl (C=O) groups is 1. The van der Waals surface area contributed by atoms with Crippen LogP contribution in [0.3, 0.4) is 0 Å². The molecule has 1 unspecified atom stereocenters. The van der Waals surface area contributed by atoms with Crippen LogP contribution in [0.1, 0.15) is 44.4 Å². The second-order valence-corrected chi connectivity index (χ2v) is 7.97. The standard InChI is InChI=1S/C20H28N4O/c1-20(2,3)17-12-18(23(4)22-17)21-19(25)14-24-11-10-16(13-24)15-8-6-5-7-9-15/h5-9,12,16H,10-11,13-14H2,1-4H3,(H,21,25). The number of likely N-dealkylation sites (tertiary alicyclic amines) is 1. The van der Waals surface area contributed by atoms with Gasteiger partial charge in [0.1, 0.15) is 5.82 Å². The van der Waals surface area contributed by atoms with Crippen LogP contribution in [0.5, 0.6) is 0 Å². The first-order chi connectivity index (χ1) is 11.8. The molecule has 0 radical (unpaired) electrons. The molecule has 1 saturated heterocycles. The van der Waals surface area contributed by atoms with Crippen molar-refractivity contribution in [1.29, 1.82) is 0 Å². The molecule has 0 aliphatic carbocycles. The number of aryl methyl sites for hydroxylation is 1. The first kappa shape index (κ1) is 17.7. The molecule has 0 bridgehead atoms. The molecule has 25 heavy (non-hydrogen) atoms. The summed E-state index contributed by atoms with van der Waals surface area (Å²) in [5, 5.41) is 7.51. The van der Waals surface area contributed by atoms with Gasteiger partial charge in [0.15, 0.2) is 0 Å². The van der Waals surface area contributed by atoms with E-state index in [1.54, 1.807) is 4.68 Å². The SMILES string of the molecule is Cn1nc(C(C)(C)C)cc1NC(=O)CN1CCC(c2ccccc2)C1. The van der Waals surface area contributed by atoms with Crippen LogP contribution in [0.4, 0.5) is 5.82 Å². The van der Waals surface area contributed by atoms with Crippen LogP contribution in [0.25, 0.3) is 0 Å². The van der Waals surface area contributed by atoms with Crippen molar-refractivity contribution in [2.45, 2.75) is 38.5 Å². The van der Waals surface area contributed by atoms with E-state index in [4.69, 9.17) is 0 Å². The lowest BCUT2D eigenvalue weighted by Gasteiger charge is -2.16. The predicted molar refractivity (Wildman–Crippen MR) is 101 cm³/mol. The highest BCUT2D eigenvalue weighted by Gasteiger charge is 2.25. The van der Waals surface area contributed by atoms with Gasteiger partial charge in [-0.1, -0.05) is 51.1 Å². The zero-order valence-corrected chi connectivity index (χ0v) is 15.6. The molecule has 5 nitrogen and oxygen atoms in total. The van der Waals surface area contributed by atoms with Crippen molar-refractivity contribution in [3.63, 3.8) is 0 Å². The second-order valence-electron chi connectivity index (χ2n) is 7.97. The average molecular weight is 340 g/mol. The monoisotopic (exact) mass is 340 g/mol. The summed E-state index contributed by atoms with van der Waals surface area (Å²) in [4.78, 5) is 14.7. The highest BCUT2D eigenvalue weighted by atomic mass is 16.2. The molecule has 5 heteroatoms. The number of nitrogens with one attached hydrogen (secondary N) is 1. The van der Waals surface area contributed by atoms with Gasteiger partial charge in [-0.3, -0.25) is 14.4 Å². The number of amides is 1. The molecular formula is C20H28N4O. The van der Waals surface area contributed by atoms with Crippen LogP contribution in [-0.2, 0) is 17.3 Å². The van der Waals surface area contributed by atoms with Crippen molar-refractivity contribution in [2.75, 3.05) is 25.0 Å². The van der Waals surface area contributed by atoms with Gasteiger partial charge in [0.2, 0.25) is 5.91 Å². The normalized spacial score (nSPS) is 18.5. The minimum Gasteiger partial charge on any atom is -0.310 e. The molecule has 1 aromatic carbocycles. The number of rotatable bonds is 4. The lowest BCUT2D eigenvalue weighted by atomic mass is 9.92. The Morgan fingerprint density at radius 3 is 2.64 bits per heavy atom. The van der Waals surface area contributed by atoms with Gasteiger partial charge >= 0.3 is 0 Å². The first-order valence-electron chi connectivity index (χ1n) is 8.94. The van der Waals surface area contributed by atoms with E-state index in [0.29, 0.717) is 12.5 Å². The van der Waals surface area contributed by atoms with E-state index in [1.807, 2.05) is 19.2 Å². The zero-order chi connectivity index (χ0) is 18.0. The third-order valence-corrected chi connectivity index (χ3v) is 4.83. The number of hydrogen-bond acceptors (Lipinski definition) is 3. The molecule has 3 rings (SSSR count). The Morgan fingerprint density at radius 2 is 2.00 bits per heavy atom. The molecule has 134 valence electrons. The van der Waals surface area contributed by atoms with Gasteiger partial charge < -0.3 is 5.32 Å². The van der Waals surface area contributed by atoms with Crippen LogP contribution in [-0.4, -0.2) is 40.2 Å². The van der Waals surface area contributed by atoms with E-state index in [0.717, 1.165) is 31.0 Å². The summed E-state index contributed by atoms with van der Waals surface area (Å²) in [7, 11) is 1.87. The topological polar surface area (TPSA) is 50.2 Å². The molecule has 1 atom stereocenters. The molecule has 1 aromatic heterocycles. The van der Waals surface area contributed by atoms with Gasteiger partial charge in [0.05, 0.1) is 12.2 Å². The molecule has 1 amide bonds. The quantitative estimate of drug-likeness (QED) is 0.930. The minimum atomic E-state index is -0.0292. The van der Waals surface area contributed by atoms with Gasteiger partial charge in [0, 0.05) is 25.1 Å². The van der Waals surface area contributed by atoms with Gasteiger partial charge in [0.25, 0.3) is 0 Å². The number of anilines is 1. The smallest absolute Gasteiger partial charge is 0.239 e. The number of carbonyl (C=O) groups excluding carboxylic acids is 1. The van der Waals surface area contributed by atoms with E-state index in [2.05, 4.69) is 60.4 Å². The fourth-order valence-corrected chi connectivity index (χ4v) is 3.31. The molecule has 0 spiro atoms. The lowest BCUT2D eigenvalue weighted by molar-refractivity contribution is -0.117. The largest absolute Gasteiger partial charge is 0.310 e. The number of hydrogen-bond donors (Lipinski definition) is 1. The molecule has 0 saturated carbocycles. The summed E-state index contributed by atoms with van der Waals surface area (Å²) in [6.45, 7) is 8.69. The predicted octanol–water partition coefficient (Wildman–Crippen LogP) is 3.15. The summed E-state index contributed by atoms with van der Waals surface area (Å²) in [5.41, 5.74) is 2.32. The highest BCUT2D eigenvalue weighted by Crippen LogP contribution is 2.27. The maximum Gasteiger partial charge on any atom is 0.239 e. The number of aromatic nitrogens is 2. The Bertz CT molecular complexity index is 730. The van der Waals surface area contributed by atoms with Crippen molar-refractivity contribution < 1.29 is 4.79 Å². The van der Waals surface area contributed by atoms with Crippen LogP contribution < -0.4 is 5.32 Å². The third kappa shape index (κ3) is 4.28. The molecule has 1 fully saturated rings. The van der Waals surface area contributed by atoms with Crippen LogP contribution >= 0.6 is 0 Å². The van der Waals surface area contributed by atoms with E-state index in [-0.39, 0.29) is 11.3 Å². The Hall–Kier alpha value is -2.14. The summed E-state index contributed by atoms with van der Waals surface area (Å²) >= 11 is 0. The Morgan fingerprint density at radius 1 is 1.28 bits per heavy atom. The summed E-state index contributed by atoms with van der Waals surface area (Å²) in [5.74, 6) is 1.31. The first-order valence-corrected chi connectivity index (χ1v) is 8.94. The molecule has 1 aliphatic rings. The molecule has 2 heterocycles. The fourth-order valence-electron chi connectivity index (χ4n) is 3.31. The van der Waals surface area contributed by atoms with Gasteiger partial charge in [-0.25, -0.2) is 0 Å². The van der Waals surface area contributed by atoms with Crippen LogP contribution in [0, 0.1) is 0 Å². The highest BCUT2D eigenvalue weighted by molar-refractivity contribution is 5.91. The zero-order valence-electron chi connectivity index (χ0n) is 15.6. The van der Waals surface area contributed by atoms with E-state index >= 15 is 0 Å². The van der Waals surface area contributed by atoms with E-state index in [1.165, 1.54) is 5.56 Å².